The molecule has 0 saturated heterocycles. The molecule has 0 aliphatic carbocycles. The second-order valence-electron chi connectivity index (χ2n) is 4.59. The van der Waals surface area contributed by atoms with Crippen molar-refractivity contribution in [3.8, 4) is 0 Å². The Hall–Kier alpha value is -0.220. The Balaban J connectivity index is 4.23. The first-order chi connectivity index (χ1) is 8.00. The number of carbonyl (C=O) groups is 1. The number of ether oxygens (including phenoxy) is 1. The smallest absolute Gasteiger partial charge is 0.325 e. The van der Waals surface area contributed by atoms with Crippen molar-refractivity contribution >= 4 is 17.7 Å². The minimum absolute atomic E-state index is 0.157. The van der Waals surface area contributed by atoms with Gasteiger partial charge in [-0.15, -0.1) is 0 Å². The van der Waals surface area contributed by atoms with Gasteiger partial charge in [0.1, 0.15) is 5.54 Å². The second-order valence-corrected chi connectivity index (χ2v) is 6.14. The standard InChI is InChI=1S/C13H27NO2S/c1-6-9-14-13(4,12(15)16-5)8-10-17-11(3)7-2/h11,14H,6-10H2,1-5H3. The van der Waals surface area contributed by atoms with Gasteiger partial charge in [0.25, 0.3) is 0 Å². The highest BCUT2D eigenvalue weighted by molar-refractivity contribution is 7.99. The van der Waals surface area contributed by atoms with Crippen LogP contribution in [0.5, 0.6) is 0 Å². The van der Waals surface area contributed by atoms with Crippen molar-refractivity contribution in [3.05, 3.63) is 0 Å². The lowest BCUT2D eigenvalue weighted by Crippen LogP contribution is -2.50. The predicted molar refractivity (Wildman–Crippen MR) is 75.5 cm³/mol. The molecule has 0 aromatic rings. The fourth-order valence-electron chi connectivity index (χ4n) is 1.47. The summed E-state index contributed by atoms with van der Waals surface area (Å²) in [6, 6.07) is 0. The minimum Gasteiger partial charge on any atom is -0.468 e. The van der Waals surface area contributed by atoms with Gasteiger partial charge in [-0.25, -0.2) is 0 Å². The topological polar surface area (TPSA) is 38.3 Å². The van der Waals surface area contributed by atoms with Gasteiger partial charge in [-0.05, 0) is 38.5 Å². The zero-order chi connectivity index (χ0) is 13.3. The van der Waals surface area contributed by atoms with E-state index in [0.29, 0.717) is 5.25 Å². The zero-order valence-corrected chi connectivity index (χ0v) is 12.7. The fourth-order valence-corrected chi connectivity index (χ4v) is 2.64. The lowest BCUT2D eigenvalue weighted by molar-refractivity contribution is -0.148. The summed E-state index contributed by atoms with van der Waals surface area (Å²) in [5.74, 6) is 0.827. The van der Waals surface area contributed by atoms with E-state index in [1.54, 1.807) is 0 Å². The molecule has 0 aromatic heterocycles. The summed E-state index contributed by atoms with van der Waals surface area (Å²) in [5.41, 5.74) is -0.536. The van der Waals surface area contributed by atoms with E-state index in [1.165, 1.54) is 13.5 Å². The Morgan fingerprint density at radius 3 is 2.59 bits per heavy atom. The van der Waals surface area contributed by atoms with Crippen LogP contribution in [-0.2, 0) is 9.53 Å². The van der Waals surface area contributed by atoms with E-state index in [-0.39, 0.29) is 5.97 Å². The molecule has 102 valence electrons. The molecule has 0 spiro atoms. The zero-order valence-electron chi connectivity index (χ0n) is 11.8. The average Bonchev–Trinajstić information content (AvgIpc) is 2.34. The van der Waals surface area contributed by atoms with E-state index in [4.69, 9.17) is 4.74 Å². The van der Waals surface area contributed by atoms with Crippen molar-refractivity contribution in [3.63, 3.8) is 0 Å². The summed E-state index contributed by atoms with van der Waals surface area (Å²) in [5, 5.41) is 3.96. The van der Waals surface area contributed by atoms with Crippen LogP contribution in [0.1, 0.15) is 47.0 Å². The number of esters is 1. The number of nitrogens with one attached hydrogen (secondary N) is 1. The van der Waals surface area contributed by atoms with Crippen LogP contribution in [0, 0.1) is 0 Å². The third-order valence-electron chi connectivity index (χ3n) is 2.98. The highest BCUT2D eigenvalue weighted by Crippen LogP contribution is 2.20. The summed E-state index contributed by atoms with van der Waals surface area (Å²) >= 11 is 1.92. The molecule has 0 rings (SSSR count). The summed E-state index contributed by atoms with van der Waals surface area (Å²) in [6.07, 6.45) is 3.00. The third-order valence-corrected chi connectivity index (χ3v) is 4.32. The van der Waals surface area contributed by atoms with Gasteiger partial charge in [0.2, 0.25) is 0 Å². The lowest BCUT2D eigenvalue weighted by Gasteiger charge is -2.28. The first kappa shape index (κ1) is 16.8. The largest absolute Gasteiger partial charge is 0.468 e. The molecule has 0 bridgehead atoms. The molecule has 0 fully saturated rings. The van der Waals surface area contributed by atoms with Crippen LogP contribution < -0.4 is 5.32 Å². The summed E-state index contributed by atoms with van der Waals surface area (Å²) in [6.45, 7) is 9.29. The molecular weight excluding hydrogens is 234 g/mol. The van der Waals surface area contributed by atoms with E-state index in [1.807, 2.05) is 18.7 Å². The van der Waals surface area contributed by atoms with Crippen LogP contribution in [-0.4, -0.2) is 36.2 Å². The molecule has 4 heteroatoms. The summed E-state index contributed by atoms with van der Waals surface area (Å²) in [7, 11) is 1.45. The van der Waals surface area contributed by atoms with Crippen LogP contribution in [0.2, 0.25) is 0 Å². The second kappa shape index (κ2) is 8.81. The quantitative estimate of drug-likeness (QED) is 0.648. The summed E-state index contributed by atoms with van der Waals surface area (Å²) < 4.78 is 4.89. The first-order valence-electron chi connectivity index (χ1n) is 6.45. The average molecular weight is 261 g/mol. The molecule has 1 N–H and O–H groups in total. The SMILES string of the molecule is CCCNC(C)(CCSC(C)CC)C(=O)OC. The maximum Gasteiger partial charge on any atom is 0.325 e. The molecule has 0 aliphatic heterocycles. The van der Waals surface area contributed by atoms with Gasteiger partial charge in [0.05, 0.1) is 7.11 Å². The Morgan fingerprint density at radius 1 is 1.47 bits per heavy atom. The van der Waals surface area contributed by atoms with Crippen LogP contribution in [0.25, 0.3) is 0 Å². The molecule has 0 amide bonds. The minimum atomic E-state index is -0.536. The molecule has 0 saturated carbocycles. The van der Waals surface area contributed by atoms with Crippen LogP contribution in [0.4, 0.5) is 0 Å². The summed E-state index contributed by atoms with van der Waals surface area (Å²) in [4.78, 5) is 11.8. The molecule has 0 aliphatic rings. The van der Waals surface area contributed by atoms with Gasteiger partial charge in [-0.3, -0.25) is 4.79 Å². The van der Waals surface area contributed by atoms with E-state index in [9.17, 15) is 4.79 Å². The van der Waals surface area contributed by atoms with Crippen molar-refractivity contribution < 1.29 is 9.53 Å². The Kier molecular flexibility index (Phi) is 8.70. The normalized spacial score (nSPS) is 16.3. The van der Waals surface area contributed by atoms with Gasteiger partial charge < -0.3 is 10.1 Å². The Labute approximate surface area is 110 Å². The Morgan fingerprint density at radius 2 is 2.12 bits per heavy atom. The van der Waals surface area contributed by atoms with Crippen molar-refractivity contribution in [1.82, 2.24) is 5.32 Å². The van der Waals surface area contributed by atoms with E-state index in [0.717, 1.165) is 25.1 Å². The molecular formula is C13H27NO2S. The number of carbonyl (C=O) groups excluding carboxylic acids is 1. The maximum absolute atomic E-state index is 11.8. The monoisotopic (exact) mass is 261 g/mol. The molecule has 0 aromatic carbocycles. The van der Waals surface area contributed by atoms with Crippen LogP contribution in [0.15, 0.2) is 0 Å². The van der Waals surface area contributed by atoms with Crippen LogP contribution in [0.3, 0.4) is 0 Å². The highest BCUT2D eigenvalue weighted by Gasteiger charge is 2.33. The molecule has 0 heterocycles. The molecule has 2 atom stereocenters. The Bertz CT molecular complexity index is 223. The van der Waals surface area contributed by atoms with Gasteiger partial charge in [0.15, 0.2) is 0 Å². The predicted octanol–water partition coefficient (Wildman–Crippen LogP) is 2.84. The van der Waals surface area contributed by atoms with Crippen molar-refractivity contribution in [2.24, 2.45) is 0 Å². The van der Waals surface area contributed by atoms with Gasteiger partial charge in [0, 0.05) is 5.25 Å². The lowest BCUT2D eigenvalue weighted by atomic mass is 9.99. The van der Waals surface area contributed by atoms with Gasteiger partial charge in [-0.2, -0.15) is 11.8 Å². The molecule has 0 radical (unpaired) electrons. The number of rotatable bonds is 9. The maximum atomic E-state index is 11.8. The number of hydrogen-bond donors (Lipinski definition) is 1. The molecule has 17 heavy (non-hydrogen) atoms. The van der Waals surface area contributed by atoms with E-state index >= 15 is 0 Å². The number of hydrogen-bond acceptors (Lipinski definition) is 4. The van der Waals surface area contributed by atoms with Crippen molar-refractivity contribution in [1.29, 1.82) is 0 Å². The fraction of sp³-hybridized carbons (Fsp3) is 0.923. The number of methoxy groups -OCH3 is 1. The van der Waals surface area contributed by atoms with Crippen molar-refractivity contribution in [2.45, 2.75) is 57.7 Å². The van der Waals surface area contributed by atoms with Gasteiger partial charge >= 0.3 is 5.97 Å². The van der Waals surface area contributed by atoms with E-state index in [2.05, 4.69) is 26.1 Å². The highest BCUT2D eigenvalue weighted by atomic mass is 32.2. The molecule has 3 nitrogen and oxygen atoms in total. The van der Waals surface area contributed by atoms with Crippen LogP contribution >= 0.6 is 11.8 Å². The van der Waals surface area contributed by atoms with E-state index < -0.39 is 5.54 Å². The third kappa shape index (κ3) is 6.32. The first-order valence-corrected chi connectivity index (χ1v) is 7.50. The molecule has 2 unspecified atom stereocenters. The van der Waals surface area contributed by atoms with Crippen molar-refractivity contribution in [2.75, 3.05) is 19.4 Å². The number of thioether (sulfide) groups is 1. The van der Waals surface area contributed by atoms with Gasteiger partial charge in [-0.1, -0.05) is 20.8 Å².